The molecule has 0 amide bonds. The number of aryl methyl sites for hydroxylation is 1. The van der Waals surface area contributed by atoms with Crippen LogP contribution in [0.2, 0.25) is 0 Å². The molecule has 2 rings (SSSR count). The van der Waals surface area contributed by atoms with E-state index >= 15 is 0 Å². The van der Waals surface area contributed by atoms with Gasteiger partial charge < -0.3 is 14.6 Å². The number of methoxy groups -OCH3 is 1. The number of rotatable bonds is 8. The van der Waals surface area contributed by atoms with Gasteiger partial charge in [0.15, 0.2) is 5.82 Å². The number of nitrogens with zero attached hydrogens (tertiary/aromatic N) is 2. The fraction of sp³-hybridized carbons (Fsp3) is 0.467. The summed E-state index contributed by atoms with van der Waals surface area (Å²) >= 11 is 1.72. The van der Waals surface area contributed by atoms with Crippen LogP contribution in [-0.4, -0.2) is 36.9 Å². The molecule has 0 aliphatic heterocycles. The number of likely N-dealkylation sites (N-methyl/N-ethyl adjacent to an activating group) is 1. The van der Waals surface area contributed by atoms with Crippen molar-refractivity contribution in [3.63, 3.8) is 0 Å². The van der Waals surface area contributed by atoms with Crippen LogP contribution >= 0.6 is 11.8 Å². The Hall–Kier alpha value is -1.37. The Morgan fingerprint density at radius 2 is 2.19 bits per heavy atom. The number of hydrogen-bond acceptors (Lipinski definition) is 6. The molecule has 0 bridgehead atoms. The summed E-state index contributed by atoms with van der Waals surface area (Å²) in [7, 11) is 3.58. The van der Waals surface area contributed by atoms with Gasteiger partial charge in [0, 0.05) is 24.5 Å². The van der Waals surface area contributed by atoms with Crippen LogP contribution in [0.4, 0.5) is 0 Å². The van der Waals surface area contributed by atoms with Crippen LogP contribution in [0.1, 0.15) is 17.3 Å². The topological polar surface area (TPSA) is 60.2 Å². The molecule has 114 valence electrons. The van der Waals surface area contributed by atoms with Gasteiger partial charge >= 0.3 is 0 Å². The standard InChI is InChI=1S/C15H21N3O2S/c1-11-6-4-5-7-13(11)21-10-14-17-15(20-18-14)8-12(16-2)9-19-3/h4-7,12,16H,8-10H2,1-3H3. The first-order valence-electron chi connectivity index (χ1n) is 6.89. The molecule has 1 heterocycles. The summed E-state index contributed by atoms with van der Waals surface area (Å²) in [5.74, 6) is 2.08. The minimum Gasteiger partial charge on any atom is -0.383 e. The monoisotopic (exact) mass is 307 g/mol. The van der Waals surface area contributed by atoms with Gasteiger partial charge in [0.25, 0.3) is 0 Å². The molecular formula is C15H21N3O2S. The van der Waals surface area contributed by atoms with Crippen molar-refractivity contribution >= 4 is 11.8 Å². The average molecular weight is 307 g/mol. The third-order valence-electron chi connectivity index (χ3n) is 3.16. The molecule has 0 radical (unpaired) electrons. The van der Waals surface area contributed by atoms with E-state index in [2.05, 4.69) is 34.5 Å². The molecular weight excluding hydrogens is 286 g/mol. The third-order valence-corrected chi connectivity index (χ3v) is 4.33. The molecule has 1 atom stereocenters. The van der Waals surface area contributed by atoms with Crippen LogP contribution in [0.5, 0.6) is 0 Å². The Bertz CT molecular complexity index is 559. The molecule has 2 aromatic rings. The zero-order valence-electron chi connectivity index (χ0n) is 12.6. The van der Waals surface area contributed by atoms with E-state index in [1.165, 1.54) is 10.5 Å². The molecule has 0 spiro atoms. The van der Waals surface area contributed by atoms with Crippen LogP contribution in [0.15, 0.2) is 33.7 Å². The van der Waals surface area contributed by atoms with Crippen LogP contribution in [-0.2, 0) is 16.9 Å². The van der Waals surface area contributed by atoms with Crippen LogP contribution in [0.3, 0.4) is 0 Å². The predicted octanol–water partition coefficient (Wildman–Crippen LogP) is 2.45. The van der Waals surface area contributed by atoms with E-state index in [0.717, 1.165) is 5.82 Å². The molecule has 1 N–H and O–H groups in total. The lowest BCUT2D eigenvalue weighted by Gasteiger charge is -2.11. The lowest BCUT2D eigenvalue weighted by atomic mass is 10.2. The number of aromatic nitrogens is 2. The molecule has 6 heteroatoms. The van der Waals surface area contributed by atoms with E-state index in [9.17, 15) is 0 Å². The fourth-order valence-corrected chi connectivity index (χ4v) is 2.82. The fourth-order valence-electron chi connectivity index (χ4n) is 1.95. The van der Waals surface area contributed by atoms with Crippen molar-refractivity contribution in [2.45, 2.75) is 30.0 Å². The van der Waals surface area contributed by atoms with Gasteiger partial charge in [-0.15, -0.1) is 11.8 Å². The van der Waals surface area contributed by atoms with E-state index in [1.807, 2.05) is 19.2 Å². The highest BCUT2D eigenvalue weighted by atomic mass is 32.2. The van der Waals surface area contributed by atoms with E-state index in [0.29, 0.717) is 24.7 Å². The molecule has 0 aliphatic carbocycles. The van der Waals surface area contributed by atoms with Crippen LogP contribution < -0.4 is 5.32 Å². The molecule has 0 aliphatic rings. The van der Waals surface area contributed by atoms with Crippen molar-refractivity contribution in [2.24, 2.45) is 0 Å². The first kappa shape index (κ1) is 16.0. The maximum Gasteiger partial charge on any atom is 0.228 e. The van der Waals surface area contributed by atoms with E-state index < -0.39 is 0 Å². The summed E-state index contributed by atoms with van der Waals surface area (Å²) in [6.45, 7) is 2.72. The van der Waals surface area contributed by atoms with Gasteiger partial charge in [-0.25, -0.2) is 0 Å². The van der Waals surface area contributed by atoms with Gasteiger partial charge in [-0.3, -0.25) is 0 Å². The van der Waals surface area contributed by atoms with Gasteiger partial charge in [-0.1, -0.05) is 23.4 Å². The quantitative estimate of drug-likeness (QED) is 0.756. The predicted molar refractivity (Wildman–Crippen MR) is 83.5 cm³/mol. The van der Waals surface area contributed by atoms with Gasteiger partial charge in [-0.05, 0) is 25.6 Å². The lowest BCUT2D eigenvalue weighted by molar-refractivity contribution is 0.165. The van der Waals surface area contributed by atoms with Gasteiger partial charge in [0.1, 0.15) is 0 Å². The highest BCUT2D eigenvalue weighted by molar-refractivity contribution is 7.98. The Kier molecular flexibility index (Phi) is 6.22. The highest BCUT2D eigenvalue weighted by Gasteiger charge is 2.13. The maximum atomic E-state index is 5.29. The zero-order valence-corrected chi connectivity index (χ0v) is 13.4. The largest absolute Gasteiger partial charge is 0.383 e. The van der Waals surface area contributed by atoms with Crippen molar-refractivity contribution in [1.82, 2.24) is 15.5 Å². The molecule has 1 aromatic carbocycles. The average Bonchev–Trinajstić information content (AvgIpc) is 2.93. The molecule has 21 heavy (non-hydrogen) atoms. The number of hydrogen-bond donors (Lipinski definition) is 1. The molecule has 5 nitrogen and oxygen atoms in total. The van der Waals surface area contributed by atoms with Crippen molar-refractivity contribution in [3.05, 3.63) is 41.5 Å². The smallest absolute Gasteiger partial charge is 0.228 e. The van der Waals surface area contributed by atoms with Gasteiger partial charge in [-0.2, -0.15) is 4.98 Å². The van der Waals surface area contributed by atoms with Crippen molar-refractivity contribution in [3.8, 4) is 0 Å². The SMILES string of the molecule is CNC(COC)Cc1nc(CSc2ccccc2C)no1. The summed E-state index contributed by atoms with van der Waals surface area (Å²) < 4.78 is 10.4. The van der Waals surface area contributed by atoms with Gasteiger partial charge in [0.05, 0.1) is 12.4 Å². The van der Waals surface area contributed by atoms with Crippen LogP contribution in [0.25, 0.3) is 0 Å². The lowest BCUT2D eigenvalue weighted by Crippen LogP contribution is -2.32. The number of thioether (sulfide) groups is 1. The van der Waals surface area contributed by atoms with E-state index in [4.69, 9.17) is 9.26 Å². The van der Waals surface area contributed by atoms with Crippen LogP contribution in [0, 0.1) is 6.92 Å². The summed E-state index contributed by atoms with van der Waals surface area (Å²) in [6, 6.07) is 8.48. The second-order valence-electron chi connectivity index (χ2n) is 4.80. The van der Waals surface area contributed by atoms with E-state index in [-0.39, 0.29) is 6.04 Å². The summed E-state index contributed by atoms with van der Waals surface area (Å²) in [4.78, 5) is 5.68. The van der Waals surface area contributed by atoms with Crippen molar-refractivity contribution in [1.29, 1.82) is 0 Å². The van der Waals surface area contributed by atoms with Gasteiger partial charge in [0.2, 0.25) is 5.89 Å². The second kappa shape index (κ2) is 8.17. The molecule has 0 saturated carbocycles. The van der Waals surface area contributed by atoms with Crippen molar-refractivity contribution < 1.29 is 9.26 Å². The number of nitrogens with one attached hydrogen (secondary N) is 1. The molecule has 1 aromatic heterocycles. The third kappa shape index (κ3) is 4.84. The minimum atomic E-state index is 0.187. The number of benzene rings is 1. The highest BCUT2D eigenvalue weighted by Crippen LogP contribution is 2.24. The maximum absolute atomic E-state index is 5.29. The number of ether oxygens (including phenoxy) is 1. The zero-order chi connectivity index (χ0) is 15.1. The molecule has 1 unspecified atom stereocenters. The second-order valence-corrected chi connectivity index (χ2v) is 5.82. The first-order valence-corrected chi connectivity index (χ1v) is 7.87. The summed E-state index contributed by atoms with van der Waals surface area (Å²) in [5, 5.41) is 7.20. The van der Waals surface area contributed by atoms with Crippen molar-refractivity contribution in [2.75, 3.05) is 20.8 Å². The molecule has 0 fully saturated rings. The first-order chi connectivity index (χ1) is 10.2. The Labute approximate surface area is 129 Å². The minimum absolute atomic E-state index is 0.187. The Morgan fingerprint density at radius 3 is 2.90 bits per heavy atom. The summed E-state index contributed by atoms with van der Waals surface area (Å²) in [6.07, 6.45) is 0.673. The summed E-state index contributed by atoms with van der Waals surface area (Å²) in [5.41, 5.74) is 1.27. The molecule has 0 saturated heterocycles. The normalized spacial score (nSPS) is 12.5. The van der Waals surface area contributed by atoms with E-state index in [1.54, 1.807) is 18.9 Å². The Morgan fingerprint density at radius 1 is 1.38 bits per heavy atom. The Balaban J connectivity index is 1.90.